The van der Waals surface area contributed by atoms with E-state index < -0.39 is 36.4 Å². The summed E-state index contributed by atoms with van der Waals surface area (Å²) < 4.78 is 10.4. The SMILES string of the molecule is O=C(OCC1=C[C@@H](O)[C@@H](O)[C@H](OC(=O)c2ccccc2)[C@@H]1O)c1ccccc1. The zero-order valence-electron chi connectivity index (χ0n) is 14.8. The summed E-state index contributed by atoms with van der Waals surface area (Å²) in [6.07, 6.45) is -4.55. The number of carbonyl (C=O) groups excluding carboxylic acids is 2. The van der Waals surface area contributed by atoms with Gasteiger partial charge in [-0.15, -0.1) is 0 Å². The van der Waals surface area contributed by atoms with Crippen LogP contribution in [0.3, 0.4) is 0 Å². The lowest BCUT2D eigenvalue weighted by atomic mass is 9.89. The Morgan fingerprint density at radius 2 is 1.36 bits per heavy atom. The number of aliphatic hydroxyl groups excluding tert-OH is 3. The molecule has 0 radical (unpaired) electrons. The van der Waals surface area contributed by atoms with Gasteiger partial charge < -0.3 is 24.8 Å². The van der Waals surface area contributed by atoms with Gasteiger partial charge in [0, 0.05) is 0 Å². The van der Waals surface area contributed by atoms with Gasteiger partial charge in [0.25, 0.3) is 0 Å². The van der Waals surface area contributed by atoms with E-state index >= 15 is 0 Å². The molecule has 0 heterocycles. The molecule has 0 spiro atoms. The Morgan fingerprint density at radius 3 is 1.93 bits per heavy atom. The number of hydrogen-bond acceptors (Lipinski definition) is 7. The molecule has 0 aliphatic heterocycles. The van der Waals surface area contributed by atoms with Crippen LogP contribution < -0.4 is 0 Å². The van der Waals surface area contributed by atoms with Gasteiger partial charge in [-0.25, -0.2) is 9.59 Å². The fourth-order valence-corrected chi connectivity index (χ4v) is 2.85. The minimum atomic E-state index is -1.52. The molecule has 7 heteroatoms. The summed E-state index contributed by atoms with van der Waals surface area (Å²) in [6.45, 7) is -0.321. The quantitative estimate of drug-likeness (QED) is 0.522. The van der Waals surface area contributed by atoms with E-state index in [2.05, 4.69) is 0 Å². The van der Waals surface area contributed by atoms with E-state index in [4.69, 9.17) is 9.47 Å². The molecule has 3 rings (SSSR count). The summed E-state index contributed by atoms with van der Waals surface area (Å²) in [5, 5.41) is 30.7. The van der Waals surface area contributed by atoms with Crippen LogP contribution in [-0.2, 0) is 9.47 Å². The van der Waals surface area contributed by atoms with E-state index in [0.29, 0.717) is 5.56 Å². The molecule has 2 aromatic carbocycles. The molecule has 0 saturated heterocycles. The van der Waals surface area contributed by atoms with Gasteiger partial charge in [-0.05, 0) is 35.9 Å². The third-order valence-electron chi connectivity index (χ3n) is 4.39. The highest BCUT2D eigenvalue weighted by atomic mass is 16.6. The Kier molecular flexibility index (Phi) is 6.20. The van der Waals surface area contributed by atoms with Gasteiger partial charge in [0.1, 0.15) is 24.9 Å². The number of aliphatic hydroxyl groups is 3. The van der Waals surface area contributed by atoms with E-state index in [0.717, 1.165) is 0 Å². The van der Waals surface area contributed by atoms with Crippen molar-refractivity contribution >= 4 is 11.9 Å². The Hall–Kier alpha value is -3.00. The van der Waals surface area contributed by atoms with Gasteiger partial charge in [0.05, 0.1) is 11.1 Å². The van der Waals surface area contributed by atoms with Crippen LogP contribution in [0, 0.1) is 0 Å². The molecule has 0 aromatic heterocycles. The highest BCUT2D eigenvalue weighted by molar-refractivity contribution is 5.90. The number of rotatable bonds is 5. The number of carbonyl (C=O) groups is 2. The van der Waals surface area contributed by atoms with E-state index in [1.54, 1.807) is 48.5 Å². The van der Waals surface area contributed by atoms with Crippen LogP contribution in [0.1, 0.15) is 20.7 Å². The first-order chi connectivity index (χ1) is 13.5. The van der Waals surface area contributed by atoms with Crippen molar-refractivity contribution in [2.75, 3.05) is 6.61 Å². The Bertz CT molecular complexity index is 848. The van der Waals surface area contributed by atoms with Crippen LogP contribution in [0.15, 0.2) is 72.3 Å². The first kappa shape index (κ1) is 19.8. The van der Waals surface area contributed by atoms with E-state index in [1.165, 1.54) is 18.2 Å². The summed E-state index contributed by atoms with van der Waals surface area (Å²) in [6, 6.07) is 16.4. The van der Waals surface area contributed by atoms with E-state index in [-0.39, 0.29) is 17.7 Å². The molecule has 7 nitrogen and oxygen atoms in total. The number of esters is 2. The van der Waals surface area contributed by atoms with E-state index in [9.17, 15) is 24.9 Å². The smallest absolute Gasteiger partial charge is 0.338 e. The lowest BCUT2D eigenvalue weighted by Gasteiger charge is -2.34. The van der Waals surface area contributed by atoms with Crippen LogP contribution >= 0.6 is 0 Å². The molecule has 0 saturated carbocycles. The van der Waals surface area contributed by atoms with E-state index in [1.807, 2.05) is 0 Å². The molecule has 4 atom stereocenters. The van der Waals surface area contributed by atoms with Gasteiger partial charge >= 0.3 is 11.9 Å². The maximum atomic E-state index is 12.2. The summed E-state index contributed by atoms with van der Waals surface area (Å²) in [4.78, 5) is 24.3. The number of benzene rings is 2. The molecule has 28 heavy (non-hydrogen) atoms. The Balaban J connectivity index is 1.68. The average Bonchev–Trinajstić information content (AvgIpc) is 2.73. The number of ether oxygens (including phenoxy) is 2. The topological polar surface area (TPSA) is 113 Å². The van der Waals surface area contributed by atoms with Crippen molar-refractivity contribution in [3.05, 3.63) is 83.4 Å². The largest absolute Gasteiger partial charge is 0.457 e. The predicted molar refractivity (Wildman–Crippen MR) is 98.5 cm³/mol. The van der Waals surface area contributed by atoms with Crippen LogP contribution in [0.25, 0.3) is 0 Å². The van der Waals surface area contributed by atoms with Gasteiger partial charge in [0.2, 0.25) is 0 Å². The second kappa shape index (κ2) is 8.79. The zero-order valence-corrected chi connectivity index (χ0v) is 14.8. The molecule has 1 aliphatic carbocycles. The lowest BCUT2D eigenvalue weighted by Crippen LogP contribution is -2.51. The van der Waals surface area contributed by atoms with Crippen LogP contribution in [0.2, 0.25) is 0 Å². The second-order valence-electron chi connectivity index (χ2n) is 6.35. The Labute approximate surface area is 161 Å². The zero-order chi connectivity index (χ0) is 20.1. The molecule has 0 fully saturated rings. The van der Waals surface area contributed by atoms with Crippen molar-refractivity contribution in [1.82, 2.24) is 0 Å². The van der Waals surface area contributed by atoms with Crippen LogP contribution in [-0.4, -0.2) is 58.3 Å². The van der Waals surface area contributed by atoms with Crippen molar-refractivity contribution in [3.63, 3.8) is 0 Å². The molecule has 0 bridgehead atoms. The van der Waals surface area contributed by atoms with Crippen molar-refractivity contribution in [2.24, 2.45) is 0 Å². The highest BCUT2D eigenvalue weighted by Crippen LogP contribution is 2.24. The second-order valence-corrected chi connectivity index (χ2v) is 6.35. The molecule has 1 aliphatic rings. The molecule has 0 amide bonds. The summed E-state index contributed by atoms with van der Waals surface area (Å²) in [7, 11) is 0. The van der Waals surface area contributed by atoms with Crippen molar-refractivity contribution < 1.29 is 34.4 Å². The maximum Gasteiger partial charge on any atom is 0.338 e. The van der Waals surface area contributed by atoms with Gasteiger partial charge in [-0.1, -0.05) is 36.4 Å². The monoisotopic (exact) mass is 384 g/mol. The fourth-order valence-electron chi connectivity index (χ4n) is 2.85. The first-order valence-corrected chi connectivity index (χ1v) is 8.70. The van der Waals surface area contributed by atoms with Crippen molar-refractivity contribution in [1.29, 1.82) is 0 Å². The molecular weight excluding hydrogens is 364 g/mol. The van der Waals surface area contributed by atoms with Crippen molar-refractivity contribution in [2.45, 2.75) is 24.4 Å². The predicted octanol–water partition coefficient (Wildman–Crippen LogP) is 1.09. The third-order valence-corrected chi connectivity index (χ3v) is 4.39. The normalized spacial score (nSPS) is 24.2. The molecular formula is C21H20O7. The third kappa shape index (κ3) is 4.45. The van der Waals surface area contributed by atoms with Crippen LogP contribution in [0.4, 0.5) is 0 Å². The van der Waals surface area contributed by atoms with Crippen LogP contribution in [0.5, 0.6) is 0 Å². The van der Waals surface area contributed by atoms with Gasteiger partial charge in [0.15, 0.2) is 6.10 Å². The molecule has 2 aromatic rings. The van der Waals surface area contributed by atoms with Gasteiger partial charge in [-0.3, -0.25) is 0 Å². The fraction of sp³-hybridized carbons (Fsp3) is 0.238. The summed E-state index contributed by atoms with van der Waals surface area (Å²) in [5.74, 6) is -1.36. The summed E-state index contributed by atoms with van der Waals surface area (Å²) >= 11 is 0. The van der Waals surface area contributed by atoms with Crippen molar-refractivity contribution in [3.8, 4) is 0 Å². The molecule has 3 N–H and O–H groups in total. The minimum Gasteiger partial charge on any atom is -0.457 e. The van der Waals surface area contributed by atoms with Gasteiger partial charge in [-0.2, -0.15) is 0 Å². The standard InChI is InChI=1S/C21H20O7/c22-16-11-15(12-27-20(25)13-7-3-1-4-8-13)17(23)19(18(16)24)28-21(26)14-9-5-2-6-10-14/h1-11,16-19,22-24H,12H2/t16-,17-,18-,19-/m1/s1. The lowest BCUT2D eigenvalue weighted by molar-refractivity contribution is -0.103. The minimum absolute atomic E-state index is 0.132. The number of hydrogen-bond donors (Lipinski definition) is 3. The first-order valence-electron chi connectivity index (χ1n) is 8.70. The molecule has 0 unspecified atom stereocenters. The Morgan fingerprint density at radius 1 is 0.821 bits per heavy atom. The summed E-state index contributed by atoms with van der Waals surface area (Å²) in [5.41, 5.74) is 0.706. The highest BCUT2D eigenvalue weighted by Gasteiger charge is 2.41. The molecule has 146 valence electrons. The maximum absolute atomic E-state index is 12.2. The average molecular weight is 384 g/mol.